The van der Waals surface area contributed by atoms with E-state index in [0.717, 1.165) is 18.4 Å². The van der Waals surface area contributed by atoms with Gasteiger partial charge in [0.2, 0.25) is 0 Å². The molecule has 0 aliphatic rings. The van der Waals surface area contributed by atoms with E-state index in [9.17, 15) is 9.59 Å². The second-order valence-electron chi connectivity index (χ2n) is 4.86. The van der Waals surface area contributed by atoms with Crippen molar-refractivity contribution in [3.63, 3.8) is 0 Å². The first-order valence-corrected chi connectivity index (χ1v) is 7.62. The van der Waals surface area contributed by atoms with Gasteiger partial charge in [-0.15, -0.1) is 0 Å². The van der Waals surface area contributed by atoms with Gasteiger partial charge in [0.1, 0.15) is 0 Å². The van der Waals surface area contributed by atoms with Crippen molar-refractivity contribution >= 4 is 18.0 Å². The van der Waals surface area contributed by atoms with Crippen LogP contribution in [-0.4, -0.2) is 32.2 Å². The number of urea groups is 1. The minimum Gasteiger partial charge on any atom is -0.493 e. The van der Waals surface area contributed by atoms with Crippen LogP contribution in [0.25, 0.3) is 6.08 Å². The van der Waals surface area contributed by atoms with Crippen LogP contribution in [-0.2, 0) is 4.79 Å². The Morgan fingerprint density at radius 2 is 2.04 bits per heavy atom. The van der Waals surface area contributed by atoms with E-state index in [4.69, 9.17) is 9.47 Å². The van der Waals surface area contributed by atoms with Crippen molar-refractivity contribution in [3.05, 3.63) is 29.8 Å². The molecule has 0 saturated heterocycles. The normalized spacial score (nSPS) is 10.4. The molecule has 0 spiro atoms. The summed E-state index contributed by atoms with van der Waals surface area (Å²) < 4.78 is 10.6. The summed E-state index contributed by atoms with van der Waals surface area (Å²) in [5, 5.41) is 4.81. The van der Waals surface area contributed by atoms with Gasteiger partial charge in [-0.05, 0) is 31.0 Å². The van der Waals surface area contributed by atoms with Crippen LogP contribution in [0.15, 0.2) is 24.3 Å². The highest BCUT2D eigenvalue weighted by molar-refractivity contribution is 5.95. The Morgan fingerprint density at radius 1 is 1.26 bits per heavy atom. The summed E-state index contributed by atoms with van der Waals surface area (Å²) in [7, 11) is 1.53. The van der Waals surface area contributed by atoms with Crippen LogP contribution in [0.3, 0.4) is 0 Å². The van der Waals surface area contributed by atoms with Gasteiger partial charge in [-0.2, -0.15) is 0 Å². The molecule has 0 radical (unpaired) electrons. The number of hydrogen-bond donors (Lipinski definition) is 2. The molecule has 0 unspecified atom stereocenters. The zero-order chi connectivity index (χ0) is 17.1. The Labute approximate surface area is 136 Å². The van der Waals surface area contributed by atoms with E-state index in [1.165, 1.54) is 7.11 Å². The monoisotopic (exact) mass is 320 g/mol. The number of ether oxygens (including phenoxy) is 2. The molecule has 0 fully saturated rings. The molecular weight excluding hydrogens is 296 g/mol. The number of unbranched alkanes of at least 4 members (excludes halogenated alkanes) is 1. The van der Waals surface area contributed by atoms with Gasteiger partial charge in [0.05, 0.1) is 7.11 Å². The third-order valence-electron chi connectivity index (χ3n) is 2.97. The molecule has 3 amide bonds. The maximum atomic E-state index is 11.7. The molecular formula is C17H24N2O4. The fourth-order valence-electron chi connectivity index (χ4n) is 1.83. The predicted molar refractivity (Wildman–Crippen MR) is 89.6 cm³/mol. The molecule has 0 aliphatic carbocycles. The first-order chi connectivity index (χ1) is 11.1. The molecule has 0 heterocycles. The largest absolute Gasteiger partial charge is 0.493 e. The summed E-state index contributed by atoms with van der Waals surface area (Å²) >= 11 is 0. The maximum absolute atomic E-state index is 11.7. The number of methoxy groups -OCH3 is 1. The highest BCUT2D eigenvalue weighted by Crippen LogP contribution is 2.28. The summed E-state index contributed by atoms with van der Waals surface area (Å²) in [5.41, 5.74) is 0.969. The number of amides is 3. The molecule has 6 nitrogen and oxygen atoms in total. The zero-order valence-corrected chi connectivity index (χ0v) is 13.8. The summed E-state index contributed by atoms with van der Waals surface area (Å²) in [6, 6.07) is 4.88. The fraction of sp³-hybridized carbons (Fsp3) is 0.412. The molecule has 2 N–H and O–H groups in total. The number of nitrogens with one attached hydrogen (secondary N) is 2. The second-order valence-corrected chi connectivity index (χ2v) is 4.86. The van der Waals surface area contributed by atoms with E-state index in [-0.39, 0.29) is 6.61 Å². The van der Waals surface area contributed by atoms with Crippen molar-refractivity contribution in [3.8, 4) is 11.5 Å². The minimum absolute atomic E-state index is 0.263. The molecule has 1 rings (SSSR count). The van der Waals surface area contributed by atoms with Gasteiger partial charge in [-0.1, -0.05) is 31.6 Å². The second kappa shape index (κ2) is 10.3. The minimum atomic E-state index is -0.515. The predicted octanol–water partition coefficient (Wildman–Crippen LogP) is 2.73. The molecule has 1 aromatic carbocycles. The molecule has 0 aromatic heterocycles. The molecule has 0 atom stereocenters. The van der Waals surface area contributed by atoms with Gasteiger partial charge < -0.3 is 14.8 Å². The molecule has 126 valence electrons. The van der Waals surface area contributed by atoms with Gasteiger partial charge >= 0.3 is 6.03 Å². The number of benzene rings is 1. The topological polar surface area (TPSA) is 76.7 Å². The summed E-state index contributed by atoms with van der Waals surface area (Å²) in [5.74, 6) is 0.460. The Balaban J connectivity index is 2.50. The summed E-state index contributed by atoms with van der Waals surface area (Å²) in [6.07, 6.45) is 5.69. The summed E-state index contributed by atoms with van der Waals surface area (Å²) in [6.45, 7) is 4.22. The van der Waals surface area contributed by atoms with Gasteiger partial charge in [0.25, 0.3) is 5.91 Å². The van der Waals surface area contributed by atoms with Crippen LogP contribution in [0.1, 0.15) is 32.3 Å². The number of rotatable bonds is 8. The lowest BCUT2D eigenvalue weighted by atomic mass is 10.2. The first kappa shape index (κ1) is 18.5. The number of hydrogen-bond acceptors (Lipinski definition) is 4. The molecule has 0 saturated carbocycles. The van der Waals surface area contributed by atoms with Gasteiger partial charge in [0, 0.05) is 6.54 Å². The maximum Gasteiger partial charge on any atom is 0.321 e. The van der Waals surface area contributed by atoms with Crippen molar-refractivity contribution in [2.45, 2.75) is 26.7 Å². The molecule has 1 aromatic rings. The Morgan fingerprint density at radius 3 is 2.70 bits per heavy atom. The highest BCUT2D eigenvalue weighted by atomic mass is 16.5. The van der Waals surface area contributed by atoms with Crippen LogP contribution in [0, 0.1) is 0 Å². The third-order valence-corrected chi connectivity index (χ3v) is 2.97. The number of carbonyl (C=O) groups excluding carboxylic acids is 2. The van der Waals surface area contributed by atoms with Crippen LogP contribution in [0.4, 0.5) is 4.79 Å². The molecule has 23 heavy (non-hydrogen) atoms. The Kier molecular flexibility index (Phi) is 8.28. The van der Waals surface area contributed by atoms with E-state index >= 15 is 0 Å². The zero-order valence-electron chi connectivity index (χ0n) is 13.8. The van der Waals surface area contributed by atoms with Crippen molar-refractivity contribution in [2.24, 2.45) is 0 Å². The average molecular weight is 320 g/mol. The van der Waals surface area contributed by atoms with Crippen LogP contribution < -0.4 is 20.1 Å². The lowest BCUT2D eigenvalue weighted by Gasteiger charge is -2.11. The standard InChI is InChI=1S/C17H24N2O4/c1-4-6-10-18-17(21)19-16(20)12-23-14-9-8-13(7-5-2)11-15(14)22-3/h5,7-9,11H,4,6,10,12H2,1-3H3,(H2,18,19,20,21)/b7-5+. The van der Waals surface area contributed by atoms with Crippen LogP contribution in [0.5, 0.6) is 11.5 Å². The van der Waals surface area contributed by atoms with E-state index in [2.05, 4.69) is 10.6 Å². The average Bonchev–Trinajstić information content (AvgIpc) is 2.54. The molecule has 0 aliphatic heterocycles. The van der Waals surface area contributed by atoms with E-state index in [1.807, 2.05) is 38.1 Å². The van der Waals surface area contributed by atoms with Crippen molar-refractivity contribution in [1.29, 1.82) is 0 Å². The number of carbonyl (C=O) groups is 2. The number of imide groups is 1. The molecule has 6 heteroatoms. The smallest absolute Gasteiger partial charge is 0.321 e. The summed E-state index contributed by atoms with van der Waals surface area (Å²) in [4.78, 5) is 23.1. The van der Waals surface area contributed by atoms with Crippen molar-refractivity contribution < 1.29 is 19.1 Å². The first-order valence-electron chi connectivity index (χ1n) is 7.62. The molecule has 0 bridgehead atoms. The Hall–Kier alpha value is -2.50. The lowest BCUT2D eigenvalue weighted by molar-refractivity contribution is -0.122. The Bertz CT molecular complexity index is 556. The quantitative estimate of drug-likeness (QED) is 0.722. The van der Waals surface area contributed by atoms with E-state index < -0.39 is 11.9 Å². The van der Waals surface area contributed by atoms with Gasteiger partial charge in [-0.3, -0.25) is 10.1 Å². The third kappa shape index (κ3) is 6.86. The number of allylic oxidation sites excluding steroid dienone is 1. The van der Waals surface area contributed by atoms with E-state index in [1.54, 1.807) is 6.07 Å². The lowest BCUT2D eigenvalue weighted by Crippen LogP contribution is -2.41. The van der Waals surface area contributed by atoms with Gasteiger partial charge in [-0.25, -0.2) is 4.79 Å². The highest BCUT2D eigenvalue weighted by Gasteiger charge is 2.10. The van der Waals surface area contributed by atoms with Crippen LogP contribution in [0.2, 0.25) is 0 Å². The van der Waals surface area contributed by atoms with Gasteiger partial charge in [0.15, 0.2) is 18.1 Å². The van der Waals surface area contributed by atoms with Crippen LogP contribution >= 0.6 is 0 Å². The van der Waals surface area contributed by atoms with Crippen molar-refractivity contribution in [2.75, 3.05) is 20.3 Å². The van der Waals surface area contributed by atoms with E-state index in [0.29, 0.717) is 18.0 Å². The van der Waals surface area contributed by atoms with Crippen molar-refractivity contribution in [1.82, 2.24) is 10.6 Å². The fourth-order valence-corrected chi connectivity index (χ4v) is 1.83. The SMILES string of the molecule is C/C=C/c1ccc(OCC(=O)NC(=O)NCCCC)c(OC)c1.